The van der Waals surface area contributed by atoms with Gasteiger partial charge in [0.15, 0.2) is 5.75 Å². The van der Waals surface area contributed by atoms with Gasteiger partial charge in [0.05, 0.1) is 11.4 Å². The summed E-state index contributed by atoms with van der Waals surface area (Å²) < 4.78 is 31.4. The van der Waals surface area contributed by atoms with Crippen LogP contribution in [0.2, 0.25) is 0 Å². The molecule has 142 valence electrons. The third kappa shape index (κ3) is 2.78. The van der Waals surface area contributed by atoms with Crippen molar-refractivity contribution in [1.29, 1.82) is 0 Å². The van der Waals surface area contributed by atoms with Crippen LogP contribution in [0, 0.1) is 0 Å². The lowest BCUT2D eigenvalue weighted by Gasteiger charge is -2.14. The largest absolute Gasteiger partial charge is 0.377 e. The van der Waals surface area contributed by atoms with Gasteiger partial charge in [-0.05, 0) is 30.3 Å². The SMILES string of the molecule is CC(=O)Nc1ccccc1OS(=O)(=O)c1ccc2c3c(cccc13)C(=O)N2C. The number of rotatable bonds is 4. The number of anilines is 2. The van der Waals surface area contributed by atoms with Gasteiger partial charge in [-0.15, -0.1) is 0 Å². The van der Waals surface area contributed by atoms with Crippen LogP contribution < -0.4 is 14.4 Å². The van der Waals surface area contributed by atoms with E-state index in [9.17, 15) is 18.0 Å². The van der Waals surface area contributed by atoms with E-state index in [2.05, 4.69) is 5.32 Å². The molecule has 0 unspecified atom stereocenters. The summed E-state index contributed by atoms with van der Waals surface area (Å²) in [6.07, 6.45) is 0. The normalized spacial score (nSPS) is 13.1. The molecule has 0 bridgehead atoms. The van der Waals surface area contributed by atoms with Crippen LogP contribution in [0.4, 0.5) is 11.4 Å². The first kappa shape index (κ1) is 18.0. The Bertz CT molecular complexity index is 1250. The molecule has 0 aromatic heterocycles. The fourth-order valence-electron chi connectivity index (χ4n) is 3.32. The molecule has 4 rings (SSSR count). The molecule has 7 nitrogen and oxygen atoms in total. The van der Waals surface area contributed by atoms with Crippen LogP contribution in [-0.4, -0.2) is 27.3 Å². The first-order valence-corrected chi connectivity index (χ1v) is 9.85. The minimum Gasteiger partial charge on any atom is -0.377 e. The lowest BCUT2D eigenvalue weighted by atomic mass is 10.1. The summed E-state index contributed by atoms with van der Waals surface area (Å²) in [7, 11) is -2.58. The van der Waals surface area contributed by atoms with Gasteiger partial charge in [-0.2, -0.15) is 8.42 Å². The number of hydrogen-bond donors (Lipinski definition) is 1. The van der Waals surface area contributed by atoms with Crippen molar-refractivity contribution in [3.05, 3.63) is 60.2 Å². The molecule has 3 aromatic carbocycles. The molecule has 0 fully saturated rings. The number of para-hydroxylation sites is 2. The van der Waals surface area contributed by atoms with Crippen LogP contribution in [0.3, 0.4) is 0 Å². The standard InChI is InChI=1S/C20H16N2O5S/c1-12(23)21-15-8-3-4-9-17(15)27-28(25,26)18-11-10-16-19-13(18)6-5-7-14(19)20(24)22(16)2/h3-11H,1-2H3,(H,21,23). The maximum absolute atomic E-state index is 13.0. The van der Waals surface area contributed by atoms with Crippen molar-refractivity contribution in [3.8, 4) is 5.75 Å². The fraction of sp³-hybridized carbons (Fsp3) is 0.100. The highest BCUT2D eigenvalue weighted by Crippen LogP contribution is 2.40. The van der Waals surface area contributed by atoms with E-state index in [1.165, 1.54) is 24.0 Å². The number of carbonyl (C=O) groups is 2. The molecular formula is C20H16N2O5S. The lowest BCUT2D eigenvalue weighted by molar-refractivity contribution is -0.114. The Morgan fingerprint density at radius 3 is 2.54 bits per heavy atom. The first-order chi connectivity index (χ1) is 13.3. The number of benzene rings is 3. The molecule has 0 saturated heterocycles. The summed E-state index contributed by atoms with van der Waals surface area (Å²) in [6, 6.07) is 14.2. The molecule has 1 heterocycles. The van der Waals surface area contributed by atoms with Crippen LogP contribution in [0.15, 0.2) is 59.5 Å². The first-order valence-electron chi connectivity index (χ1n) is 8.44. The molecule has 0 spiro atoms. The Morgan fingerprint density at radius 1 is 1.04 bits per heavy atom. The Labute approximate surface area is 161 Å². The van der Waals surface area contributed by atoms with Crippen molar-refractivity contribution in [2.24, 2.45) is 0 Å². The fourth-order valence-corrected chi connectivity index (χ4v) is 4.47. The van der Waals surface area contributed by atoms with E-state index in [1.54, 1.807) is 49.5 Å². The maximum atomic E-state index is 13.0. The van der Waals surface area contributed by atoms with E-state index in [1.807, 2.05) is 0 Å². The Hall–Kier alpha value is -3.39. The number of carbonyl (C=O) groups excluding carboxylic acids is 2. The maximum Gasteiger partial charge on any atom is 0.339 e. The van der Waals surface area contributed by atoms with Gasteiger partial charge in [-0.3, -0.25) is 9.59 Å². The number of amides is 2. The zero-order chi connectivity index (χ0) is 20.1. The predicted octanol–water partition coefficient (Wildman–Crippen LogP) is 3.16. The molecule has 0 radical (unpaired) electrons. The van der Waals surface area contributed by atoms with Crippen LogP contribution in [0.1, 0.15) is 17.3 Å². The van der Waals surface area contributed by atoms with Gasteiger partial charge in [-0.1, -0.05) is 24.3 Å². The summed E-state index contributed by atoms with van der Waals surface area (Å²) in [4.78, 5) is 25.2. The topological polar surface area (TPSA) is 92.8 Å². The number of hydrogen-bond acceptors (Lipinski definition) is 5. The number of nitrogens with one attached hydrogen (secondary N) is 1. The Morgan fingerprint density at radius 2 is 1.79 bits per heavy atom. The van der Waals surface area contributed by atoms with Gasteiger partial charge in [0.2, 0.25) is 5.91 Å². The van der Waals surface area contributed by atoms with E-state index >= 15 is 0 Å². The van der Waals surface area contributed by atoms with E-state index in [0.29, 0.717) is 22.0 Å². The highest BCUT2D eigenvalue weighted by atomic mass is 32.2. The average Bonchev–Trinajstić information content (AvgIpc) is 2.90. The van der Waals surface area contributed by atoms with Crippen LogP contribution >= 0.6 is 0 Å². The minimum absolute atomic E-state index is 0.00847. The number of nitrogens with zero attached hydrogens (tertiary/aromatic N) is 1. The second-order valence-electron chi connectivity index (χ2n) is 6.39. The molecule has 3 aromatic rings. The van der Waals surface area contributed by atoms with Gasteiger partial charge in [-0.25, -0.2) is 0 Å². The lowest BCUT2D eigenvalue weighted by Crippen LogP contribution is -2.20. The van der Waals surface area contributed by atoms with Gasteiger partial charge in [0.1, 0.15) is 4.90 Å². The van der Waals surface area contributed by atoms with E-state index in [0.717, 1.165) is 0 Å². The van der Waals surface area contributed by atoms with Crippen molar-refractivity contribution >= 4 is 44.1 Å². The summed E-state index contributed by atoms with van der Waals surface area (Å²) >= 11 is 0. The average molecular weight is 396 g/mol. The monoisotopic (exact) mass is 396 g/mol. The van der Waals surface area contributed by atoms with Crippen molar-refractivity contribution in [3.63, 3.8) is 0 Å². The zero-order valence-electron chi connectivity index (χ0n) is 15.1. The minimum atomic E-state index is -4.22. The van der Waals surface area contributed by atoms with Crippen molar-refractivity contribution in [2.75, 3.05) is 17.3 Å². The van der Waals surface area contributed by atoms with Gasteiger partial charge in [0, 0.05) is 30.3 Å². The summed E-state index contributed by atoms with van der Waals surface area (Å²) in [5, 5.41) is 3.53. The van der Waals surface area contributed by atoms with Crippen LogP contribution in [0.25, 0.3) is 10.8 Å². The van der Waals surface area contributed by atoms with Crippen LogP contribution in [0.5, 0.6) is 5.75 Å². The Balaban J connectivity index is 1.84. The molecule has 1 N–H and O–H groups in total. The summed E-state index contributed by atoms with van der Waals surface area (Å²) in [5.74, 6) is -0.526. The third-order valence-electron chi connectivity index (χ3n) is 4.54. The quantitative estimate of drug-likeness (QED) is 0.684. The molecule has 8 heteroatoms. The van der Waals surface area contributed by atoms with Crippen LogP contribution in [-0.2, 0) is 14.9 Å². The van der Waals surface area contributed by atoms with Gasteiger partial charge >= 0.3 is 10.1 Å². The van der Waals surface area contributed by atoms with Crippen molar-refractivity contribution in [2.45, 2.75) is 11.8 Å². The predicted molar refractivity (Wildman–Crippen MR) is 105 cm³/mol. The highest BCUT2D eigenvalue weighted by Gasteiger charge is 2.31. The molecule has 0 aliphatic carbocycles. The smallest absolute Gasteiger partial charge is 0.339 e. The van der Waals surface area contributed by atoms with E-state index < -0.39 is 10.1 Å². The van der Waals surface area contributed by atoms with Crippen molar-refractivity contribution < 1.29 is 22.2 Å². The van der Waals surface area contributed by atoms with Gasteiger partial charge < -0.3 is 14.4 Å². The molecule has 0 atom stereocenters. The Kier molecular flexibility index (Phi) is 4.08. The van der Waals surface area contributed by atoms with E-state index in [4.69, 9.17) is 4.18 Å². The highest BCUT2D eigenvalue weighted by molar-refractivity contribution is 7.87. The third-order valence-corrected chi connectivity index (χ3v) is 5.84. The molecule has 2 amide bonds. The summed E-state index contributed by atoms with van der Waals surface area (Å²) in [6.45, 7) is 1.32. The molecule has 1 aliphatic rings. The molecule has 28 heavy (non-hydrogen) atoms. The second-order valence-corrected chi connectivity index (χ2v) is 7.90. The molecule has 1 aliphatic heterocycles. The molecular weight excluding hydrogens is 380 g/mol. The van der Waals surface area contributed by atoms with E-state index in [-0.39, 0.29) is 28.1 Å². The summed E-state index contributed by atoms with van der Waals surface area (Å²) in [5.41, 5.74) is 1.35. The molecule has 0 saturated carbocycles. The van der Waals surface area contributed by atoms with Gasteiger partial charge in [0.25, 0.3) is 5.91 Å². The van der Waals surface area contributed by atoms with Crippen molar-refractivity contribution in [1.82, 2.24) is 0 Å². The zero-order valence-corrected chi connectivity index (χ0v) is 15.9. The second kappa shape index (κ2) is 6.35.